The molecule has 2 rings (SSSR count). The molecule has 3 N–H and O–H groups in total. The Morgan fingerprint density at radius 2 is 2.00 bits per heavy atom. The third-order valence-corrected chi connectivity index (χ3v) is 4.09. The average Bonchev–Trinajstić information content (AvgIpc) is 2.38. The molecule has 0 saturated heterocycles. The van der Waals surface area contributed by atoms with Crippen molar-refractivity contribution in [1.29, 1.82) is 0 Å². The molecule has 2 aromatic rings. The highest BCUT2D eigenvalue weighted by Gasteiger charge is 2.17. The minimum absolute atomic E-state index is 0.170. The van der Waals surface area contributed by atoms with Gasteiger partial charge in [0.2, 0.25) is 0 Å². The number of nitrogens with zero attached hydrogens (tertiary/aromatic N) is 1. The topological polar surface area (TPSA) is 85.1 Å². The lowest BCUT2D eigenvalue weighted by atomic mass is 10.2. The van der Waals surface area contributed by atoms with Crippen molar-refractivity contribution in [3.63, 3.8) is 0 Å². The van der Waals surface area contributed by atoms with E-state index in [0.717, 1.165) is 5.56 Å². The van der Waals surface area contributed by atoms with E-state index in [9.17, 15) is 8.42 Å². The molecular formula is C13H15N3O2S. The standard InChI is InChI=1S/C13H15N3O2S/c1-10-6-12(9-15-8-10)16-19(17,18)13-5-3-2-4-11(13)7-14/h2-6,8-9,16H,7,14H2,1H3. The van der Waals surface area contributed by atoms with Gasteiger partial charge in [-0.05, 0) is 30.2 Å². The largest absolute Gasteiger partial charge is 0.326 e. The first kappa shape index (κ1) is 13.5. The van der Waals surface area contributed by atoms with Crippen LogP contribution >= 0.6 is 0 Å². The van der Waals surface area contributed by atoms with Gasteiger partial charge < -0.3 is 5.73 Å². The second kappa shape index (κ2) is 5.38. The Morgan fingerprint density at radius 1 is 1.26 bits per heavy atom. The molecule has 1 aromatic carbocycles. The first-order valence-corrected chi connectivity index (χ1v) is 7.23. The van der Waals surface area contributed by atoms with Crippen LogP contribution < -0.4 is 10.5 Å². The van der Waals surface area contributed by atoms with Gasteiger partial charge in [-0.25, -0.2) is 8.42 Å². The van der Waals surface area contributed by atoms with Gasteiger partial charge in [-0.3, -0.25) is 9.71 Å². The van der Waals surface area contributed by atoms with Gasteiger partial charge in [0.25, 0.3) is 10.0 Å². The summed E-state index contributed by atoms with van der Waals surface area (Å²) < 4.78 is 27.1. The van der Waals surface area contributed by atoms with Crippen LogP contribution in [0.25, 0.3) is 0 Å². The van der Waals surface area contributed by atoms with Crippen molar-refractivity contribution in [3.8, 4) is 0 Å². The molecule has 0 aliphatic carbocycles. The fourth-order valence-electron chi connectivity index (χ4n) is 1.76. The van der Waals surface area contributed by atoms with Crippen LogP contribution in [0.2, 0.25) is 0 Å². The number of rotatable bonds is 4. The molecule has 0 aliphatic rings. The Morgan fingerprint density at radius 3 is 2.68 bits per heavy atom. The number of pyridine rings is 1. The van der Waals surface area contributed by atoms with E-state index in [1.165, 1.54) is 12.3 Å². The monoisotopic (exact) mass is 277 g/mol. The van der Waals surface area contributed by atoms with Gasteiger partial charge in [0.15, 0.2) is 0 Å². The summed E-state index contributed by atoms with van der Waals surface area (Å²) in [5.41, 5.74) is 7.46. The predicted octanol–water partition coefficient (Wildman–Crippen LogP) is 1.65. The molecule has 0 fully saturated rings. The van der Waals surface area contributed by atoms with E-state index in [-0.39, 0.29) is 11.4 Å². The maximum absolute atomic E-state index is 12.3. The summed E-state index contributed by atoms with van der Waals surface area (Å²) in [4.78, 5) is 4.15. The minimum Gasteiger partial charge on any atom is -0.326 e. The molecular weight excluding hydrogens is 262 g/mol. The third-order valence-electron chi connectivity index (χ3n) is 2.61. The molecule has 0 amide bonds. The van der Waals surface area contributed by atoms with Gasteiger partial charge >= 0.3 is 0 Å². The number of hydrogen-bond donors (Lipinski definition) is 2. The Labute approximate surface area is 112 Å². The molecule has 0 spiro atoms. The molecule has 19 heavy (non-hydrogen) atoms. The second-order valence-electron chi connectivity index (χ2n) is 4.17. The van der Waals surface area contributed by atoms with Crippen molar-refractivity contribution in [3.05, 3.63) is 53.9 Å². The van der Waals surface area contributed by atoms with Crippen LogP contribution in [0.4, 0.5) is 5.69 Å². The van der Waals surface area contributed by atoms with Crippen LogP contribution in [0.15, 0.2) is 47.6 Å². The van der Waals surface area contributed by atoms with Crippen LogP contribution in [0, 0.1) is 6.92 Å². The number of nitrogens with one attached hydrogen (secondary N) is 1. The van der Waals surface area contributed by atoms with Crippen LogP contribution in [0.3, 0.4) is 0 Å². The maximum Gasteiger partial charge on any atom is 0.262 e. The van der Waals surface area contributed by atoms with Gasteiger partial charge in [0.05, 0.1) is 16.8 Å². The van der Waals surface area contributed by atoms with Gasteiger partial charge in [0.1, 0.15) is 0 Å². The summed E-state index contributed by atoms with van der Waals surface area (Å²) in [5.74, 6) is 0. The molecule has 1 aromatic heterocycles. The highest BCUT2D eigenvalue weighted by molar-refractivity contribution is 7.92. The van der Waals surface area contributed by atoms with E-state index in [1.54, 1.807) is 30.5 Å². The summed E-state index contributed by atoms with van der Waals surface area (Å²) in [6.07, 6.45) is 3.13. The molecule has 100 valence electrons. The highest BCUT2D eigenvalue weighted by Crippen LogP contribution is 2.19. The van der Waals surface area contributed by atoms with Crippen LogP contribution in [-0.2, 0) is 16.6 Å². The molecule has 0 bridgehead atoms. The third kappa shape index (κ3) is 3.10. The summed E-state index contributed by atoms with van der Waals surface area (Å²) in [5, 5.41) is 0. The summed E-state index contributed by atoms with van der Waals surface area (Å²) >= 11 is 0. The van der Waals surface area contributed by atoms with E-state index in [1.807, 2.05) is 6.92 Å². The van der Waals surface area contributed by atoms with E-state index in [2.05, 4.69) is 9.71 Å². The van der Waals surface area contributed by atoms with E-state index < -0.39 is 10.0 Å². The van der Waals surface area contributed by atoms with Gasteiger partial charge in [-0.15, -0.1) is 0 Å². The lowest BCUT2D eigenvalue weighted by molar-refractivity contribution is 0.600. The summed E-state index contributed by atoms with van der Waals surface area (Å²) in [7, 11) is -3.64. The average molecular weight is 277 g/mol. The van der Waals surface area contributed by atoms with Crippen molar-refractivity contribution in [1.82, 2.24) is 4.98 Å². The van der Waals surface area contributed by atoms with E-state index in [0.29, 0.717) is 11.3 Å². The van der Waals surface area contributed by atoms with Crippen molar-refractivity contribution < 1.29 is 8.42 Å². The quantitative estimate of drug-likeness (QED) is 0.889. The first-order chi connectivity index (χ1) is 9.03. The smallest absolute Gasteiger partial charge is 0.262 e. The van der Waals surface area contributed by atoms with Crippen molar-refractivity contribution in [2.45, 2.75) is 18.4 Å². The van der Waals surface area contributed by atoms with Crippen LogP contribution in [0.1, 0.15) is 11.1 Å². The zero-order valence-electron chi connectivity index (χ0n) is 10.5. The van der Waals surface area contributed by atoms with E-state index in [4.69, 9.17) is 5.73 Å². The molecule has 1 heterocycles. The Bertz CT molecular complexity index is 684. The minimum atomic E-state index is -3.64. The summed E-state index contributed by atoms with van der Waals surface area (Å²) in [6, 6.07) is 8.38. The fraction of sp³-hybridized carbons (Fsp3) is 0.154. The molecule has 0 aliphatic heterocycles. The molecule has 0 saturated carbocycles. The highest BCUT2D eigenvalue weighted by atomic mass is 32.2. The predicted molar refractivity (Wildman–Crippen MR) is 74.1 cm³/mol. The number of aromatic nitrogens is 1. The Hall–Kier alpha value is -1.92. The first-order valence-electron chi connectivity index (χ1n) is 5.75. The van der Waals surface area contributed by atoms with Crippen LogP contribution in [-0.4, -0.2) is 13.4 Å². The SMILES string of the molecule is Cc1cncc(NS(=O)(=O)c2ccccc2CN)c1. The zero-order chi connectivity index (χ0) is 13.9. The van der Waals surface area contributed by atoms with Crippen molar-refractivity contribution in [2.24, 2.45) is 5.73 Å². The fourth-order valence-corrected chi connectivity index (χ4v) is 3.04. The van der Waals surface area contributed by atoms with Crippen molar-refractivity contribution >= 4 is 15.7 Å². The van der Waals surface area contributed by atoms with Gasteiger partial charge in [-0.1, -0.05) is 18.2 Å². The Balaban J connectivity index is 2.38. The number of sulfonamides is 1. The molecule has 0 radical (unpaired) electrons. The van der Waals surface area contributed by atoms with E-state index >= 15 is 0 Å². The molecule has 0 atom stereocenters. The maximum atomic E-state index is 12.3. The molecule has 0 unspecified atom stereocenters. The number of benzene rings is 1. The number of hydrogen-bond acceptors (Lipinski definition) is 4. The van der Waals surface area contributed by atoms with Crippen LogP contribution in [0.5, 0.6) is 0 Å². The second-order valence-corrected chi connectivity index (χ2v) is 5.82. The lowest BCUT2D eigenvalue weighted by Crippen LogP contribution is -2.16. The normalized spacial score (nSPS) is 11.3. The zero-order valence-corrected chi connectivity index (χ0v) is 11.3. The van der Waals surface area contributed by atoms with Gasteiger partial charge in [0, 0.05) is 12.7 Å². The van der Waals surface area contributed by atoms with Gasteiger partial charge in [-0.2, -0.15) is 0 Å². The molecule has 6 heteroatoms. The molecule has 5 nitrogen and oxygen atoms in total. The summed E-state index contributed by atoms with van der Waals surface area (Å²) in [6.45, 7) is 2.02. The Kier molecular flexibility index (Phi) is 3.82. The number of nitrogens with two attached hydrogens (primary N) is 1. The number of aryl methyl sites for hydroxylation is 1. The lowest BCUT2D eigenvalue weighted by Gasteiger charge is -2.11. The van der Waals surface area contributed by atoms with Crippen molar-refractivity contribution in [2.75, 3.05) is 4.72 Å². The number of anilines is 1.